The van der Waals surface area contributed by atoms with Crippen molar-refractivity contribution in [3.63, 3.8) is 0 Å². The highest BCUT2D eigenvalue weighted by molar-refractivity contribution is 5.82. The van der Waals surface area contributed by atoms with Crippen molar-refractivity contribution in [2.45, 2.75) is 51.6 Å². The molecule has 1 rings (SSSR count). The molecule has 0 heterocycles. The second-order valence-corrected chi connectivity index (χ2v) is 5.29. The Morgan fingerprint density at radius 2 is 2.00 bits per heavy atom. The van der Waals surface area contributed by atoms with Gasteiger partial charge in [0.25, 0.3) is 0 Å². The predicted octanol–water partition coefficient (Wildman–Crippen LogP) is 0.729. The van der Waals surface area contributed by atoms with Crippen molar-refractivity contribution < 1.29 is 14.7 Å². The lowest BCUT2D eigenvalue weighted by Gasteiger charge is -2.20. The van der Waals surface area contributed by atoms with Gasteiger partial charge in [-0.3, -0.25) is 9.59 Å². The minimum atomic E-state index is -0.875. The Morgan fingerprint density at radius 1 is 1.41 bits per heavy atom. The number of nitrogens with one attached hydrogen (secondary N) is 1. The van der Waals surface area contributed by atoms with Gasteiger partial charge < -0.3 is 16.2 Å². The van der Waals surface area contributed by atoms with Crippen molar-refractivity contribution in [1.29, 1.82) is 0 Å². The molecule has 0 aromatic rings. The molecule has 0 bridgehead atoms. The number of rotatable bonds is 7. The van der Waals surface area contributed by atoms with Gasteiger partial charge in [-0.1, -0.05) is 13.8 Å². The molecule has 1 fully saturated rings. The summed E-state index contributed by atoms with van der Waals surface area (Å²) in [6.07, 6.45) is 2.61. The molecule has 0 spiro atoms. The van der Waals surface area contributed by atoms with Crippen LogP contribution in [-0.4, -0.2) is 29.1 Å². The van der Waals surface area contributed by atoms with Crippen molar-refractivity contribution in [2.75, 3.05) is 0 Å². The molecule has 1 saturated carbocycles. The lowest BCUT2D eigenvalue weighted by molar-refractivity contribution is -0.138. The molecule has 2 atom stereocenters. The summed E-state index contributed by atoms with van der Waals surface area (Å²) < 4.78 is 0. The van der Waals surface area contributed by atoms with Crippen molar-refractivity contribution in [2.24, 2.45) is 17.6 Å². The Balaban J connectivity index is 2.43. The van der Waals surface area contributed by atoms with Crippen LogP contribution in [0, 0.1) is 11.8 Å². The van der Waals surface area contributed by atoms with Crippen molar-refractivity contribution in [3.05, 3.63) is 0 Å². The number of carbonyl (C=O) groups excluding carboxylic acids is 1. The standard InChI is InChI=1S/C12H22N2O3/c1-7(2)5-9(13)12(17)14-10(6-11(15)16)8-3-4-8/h7-10H,3-6,13H2,1-2H3,(H,14,17)(H,15,16)/t9-,10?/m0/s1. The number of hydrogen-bond donors (Lipinski definition) is 3. The molecule has 17 heavy (non-hydrogen) atoms. The highest BCUT2D eigenvalue weighted by Crippen LogP contribution is 2.34. The molecule has 1 amide bonds. The van der Waals surface area contributed by atoms with Gasteiger partial charge in [0.05, 0.1) is 12.5 Å². The number of carboxylic acids is 1. The first-order valence-corrected chi connectivity index (χ1v) is 6.18. The Kier molecular flexibility index (Phi) is 4.93. The zero-order valence-electron chi connectivity index (χ0n) is 10.5. The second kappa shape index (κ2) is 6.00. The Morgan fingerprint density at radius 3 is 2.41 bits per heavy atom. The zero-order chi connectivity index (χ0) is 13.0. The summed E-state index contributed by atoms with van der Waals surface area (Å²) in [4.78, 5) is 22.5. The average molecular weight is 242 g/mol. The molecular weight excluding hydrogens is 220 g/mol. The number of carboxylic acid groups (broad SMARTS) is 1. The molecule has 5 heteroatoms. The summed E-state index contributed by atoms with van der Waals surface area (Å²) in [5, 5.41) is 11.5. The summed E-state index contributed by atoms with van der Waals surface area (Å²) >= 11 is 0. The van der Waals surface area contributed by atoms with E-state index < -0.39 is 12.0 Å². The summed E-state index contributed by atoms with van der Waals surface area (Å²) in [7, 11) is 0. The van der Waals surface area contributed by atoms with Gasteiger partial charge in [-0.15, -0.1) is 0 Å². The SMILES string of the molecule is CC(C)C[C@H](N)C(=O)NC(CC(=O)O)C1CC1. The van der Waals surface area contributed by atoms with Crippen LogP contribution < -0.4 is 11.1 Å². The van der Waals surface area contributed by atoms with E-state index in [4.69, 9.17) is 10.8 Å². The molecular formula is C12H22N2O3. The Bertz CT molecular complexity index is 287. The van der Waals surface area contributed by atoms with E-state index >= 15 is 0 Å². The Labute approximate surface area is 102 Å². The highest BCUT2D eigenvalue weighted by atomic mass is 16.4. The molecule has 0 radical (unpaired) electrons. The molecule has 4 N–H and O–H groups in total. The summed E-state index contributed by atoms with van der Waals surface area (Å²) in [5.41, 5.74) is 5.76. The maximum absolute atomic E-state index is 11.8. The van der Waals surface area contributed by atoms with Crippen molar-refractivity contribution >= 4 is 11.9 Å². The van der Waals surface area contributed by atoms with Gasteiger partial charge >= 0.3 is 5.97 Å². The fraction of sp³-hybridized carbons (Fsp3) is 0.833. The van der Waals surface area contributed by atoms with Crippen LogP contribution >= 0.6 is 0 Å². The minimum absolute atomic E-state index is 0.00912. The molecule has 0 aromatic carbocycles. The summed E-state index contributed by atoms with van der Waals surface area (Å²) in [5.74, 6) is -0.424. The van der Waals surface area contributed by atoms with E-state index in [1.807, 2.05) is 13.8 Å². The third-order valence-electron chi connectivity index (χ3n) is 2.98. The first-order valence-electron chi connectivity index (χ1n) is 6.18. The number of hydrogen-bond acceptors (Lipinski definition) is 3. The van der Waals surface area contributed by atoms with E-state index in [0.717, 1.165) is 12.8 Å². The van der Waals surface area contributed by atoms with E-state index in [1.165, 1.54) is 0 Å². The van der Waals surface area contributed by atoms with Crippen LogP contribution in [0.5, 0.6) is 0 Å². The number of aliphatic carboxylic acids is 1. The van der Waals surface area contributed by atoms with Crippen LogP contribution in [-0.2, 0) is 9.59 Å². The fourth-order valence-electron chi connectivity index (χ4n) is 1.93. The van der Waals surface area contributed by atoms with E-state index in [2.05, 4.69) is 5.32 Å². The van der Waals surface area contributed by atoms with Crippen LogP contribution in [0.2, 0.25) is 0 Å². The summed E-state index contributed by atoms with van der Waals surface area (Å²) in [6, 6.07) is -0.789. The lowest BCUT2D eigenvalue weighted by Crippen LogP contribution is -2.47. The van der Waals surface area contributed by atoms with E-state index in [0.29, 0.717) is 18.3 Å². The van der Waals surface area contributed by atoms with Gasteiger partial charge in [0.2, 0.25) is 5.91 Å². The maximum atomic E-state index is 11.8. The van der Waals surface area contributed by atoms with Crippen LogP contribution in [0.3, 0.4) is 0 Å². The first-order chi connectivity index (χ1) is 7.90. The molecule has 5 nitrogen and oxygen atoms in total. The van der Waals surface area contributed by atoms with Gasteiger partial charge in [0.15, 0.2) is 0 Å². The van der Waals surface area contributed by atoms with Gasteiger partial charge in [-0.2, -0.15) is 0 Å². The number of amides is 1. The lowest BCUT2D eigenvalue weighted by atomic mass is 10.0. The van der Waals surface area contributed by atoms with Crippen molar-refractivity contribution in [1.82, 2.24) is 5.32 Å². The van der Waals surface area contributed by atoms with E-state index in [1.54, 1.807) is 0 Å². The molecule has 0 aromatic heterocycles. The second-order valence-electron chi connectivity index (χ2n) is 5.29. The molecule has 0 aliphatic heterocycles. The third-order valence-corrected chi connectivity index (χ3v) is 2.98. The average Bonchev–Trinajstić information content (AvgIpc) is 2.97. The Hall–Kier alpha value is -1.10. The quantitative estimate of drug-likeness (QED) is 0.613. The number of nitrogens with two attached hydrogens (primary N) is 1. The number of carbonyl (C=O) groups is 2. The van der Waals surface area contributed by atoms with Gasteiger partial charge in [-0.25, -0.2) is 0 Å². The van der Waals surface area contributed by atoms with E-state index in [-0.39, 0.29) is 18.4 Å². The smallest absolute Gasteiger partial charge is 0.305 e. The minimum Gasteiger partial charge on any atom is -0.481 e. The molecule has 1 aliphatic carbocycles. The zero-order valence-corrected chi connectivity index (χ0v) is 10.5. The van der Waals surface area contributed by atoms with E-state index in [9.17, 15) is 9.59 Å². The first kappa shape index (κ1) is 14.0. The van der Waals surface area contributed by atoms with Gasteiger partial charge in [0, 0.05) is 6.04 Å². The predicted molar refractivity (Wildman–Crippen MR) is 64.3 cm³/mol. The van der Waals surface area contributed by atoms with Gasteiger partial charge in [-0.05, 0) is 31.1 Å². The maximum Gasteiger partial charge on any atom is 0.305 e. The van der Waals surface area contributed by atoms with Crippen LogP contribution in [0.25, 0.3) is 0 Å². The molecule has 1 aliphatic rings. The normalized spacial score (nSPS) is 18.8. The monoisotopic (exact) mass is 242 g/mol. The molecule has 1 unspecified atom stereocenters. The van der Waals surface area contributed by atoms with Crippen LogP contribution in [0.1, 0.15) is 39.5 Å². The molecule has 0 saturated heterocycles. The van der Waals surface area contributed by atoms with Crippen molar-refractivity contribution in [3.8, 4) is 0 Å². The third kappa shape index (κ3) is 5.17. The molecule has 98 valence electrons. The van der Waals surface area contributed by atoms with Crippen LogP contribution in [0.4, 0.5) is 0 Å². The highest BCUT2D eigenvalue weighted by Gasteiger charge is 2.34. The van der Waals surface area contributed by atoms with Crippen LogP contribution in [0.15, 0.2) is 0 Å². The van der Waals surface area contributed by atoms with Gasteiger partial charge in [0.1, 0.15) is 0 Å². The fourth-order valence-corrected chi connectivity index (χ4v) is 1.93. The summed E-state index contributed by atoms with van der Waals surface area (Å²) in [6.45, 7) is 4.01. The largest absolute Gasteiger partial charge is 0.481 e. The topological polar surface area (TPSA) is 92.4 Å².